The predicted molar refractivity (Wildman–Crippen MR) is 101 cm³/mol. The minimum absolute atomic E-state index is 0.193. The van der Waals surface area contributed by atoms with Crippen LogP contribution in [0.15, 0.2) is 40.9 Å². The number of hydrogen-bond donors (Lipinski definition) is 2. The summed E-state index contributed by atoms with van der Waals surface area (Å²) >= 11 is 11.5. The van der Waals surface area contributed by atoms with E-state index >= 15 is 0 Å². The number of hydrogen-bond acceptors (Lipinski definition) is 2. The normalized spacial score (nSPS) is 10.2. The quantitative estimate of drug-likeness (QED) is 0.597. The van der Waals surface area contributed by atoms with Crippen LogP contribution in [0.2, 0.25) is 5.02 Å². The van der Waals surface area contributed by atoms with Gasteiger partial charge in [0.05, 0.1) is 16.3 Å². The first-order valence-electron chi connectivity index (χ1n) is 6.20. The molecule has 0 radical (unpaired) electrons. The Hall–Kier alpha value is -1.12. The molecule has 2 aromatic rings. The molecule has 114 valence electrons. The van der Waals surface area contributed by atoms with E-state index in [0.717, 1.165) is 8.04 Å². The Bertz CT molecular complexity index is 752. The van der Waals surface area contributed by atoms with E-state index in [1.165, 1.54) is 6.92 Å². The molecule has 0 aliphatic rings. The Labute approximate surface area is 154 Å². The lowest BCUT2D eigenvalue weighted by Crippen LogP contribution is -2.14. The minimum Gasteiger partial charge on any atom is -0.326 e. The highest BCUT2D eigenvalue weighted by molar-refractivity contribution is 14.1. The summed E-state index contributed by atoms with van der Waals surface area (Å²) in [6.07, 6.45) is 0. The fourth-order valence-electron chi connectivity index (χ4n) is 1.76. The molecule has 0 atom stereocenters. The molecule has 22 heavy (non-hydrogen) atoms. The second-order valence-electron chi connectivity index (χ2n) is 4.45. The molecule has 2 rings (SSSR count). The van der Waals surface area contributed by atoms with Crippen LogP contribution in [0.4, 0.5) is 11.4 Å². The fraction of sp³-hybridized carbons (Fsp3) is 0.0667. The predicted octanol–water partition coefficient (Wildman–Crippen LogP) is 4.92. The maximum absolute atomic E-state index is 12.4. The van der Waals surface area contributed by atoms with Crippen molar-refractivity contribution in [2.45, 2.75) is 6.92 Å². The molecule has 0 saturated heterocycles. The van der Waals surface area contributed by atoms with Gasteiger partial charge in [-0.25, -0.2) is 0 Å². The molecule has 7 heteroatoms. The monoisotopic (exact) mass is 492 g/mol. The van der Waals surface area contributed by atoms with Gasteiger partial charge in [-0.1, -0.05) is 27.5 Å². The molecule has 0 bridgehead atoms. The lowest BCUT2D eigenvalue weighted by Gasteiger charge is -2.11. The van der Waals surface area contributed by atoms with Crippen LogP contribution >= 0.6 is 50.1 Å². The van der Waals surface area contributed by atoms with E-state index in [1.807, 2.05) is 12.1 Å². The van der Waals surface area contributed by atoms with Gasteiger partial charge < -0.3 is 10.6 Å². The second kappa shape index (κ2) is 7.43. The summed E-state index contributed by atoms with van der Waals surface area (Å²) in [7, 11) is 0. The van der Waals surface area contributed by atoms with Gasteiger partial charge in [0.25, 0.3) is 5.91 Å². The number of amides is 2. The molecule has 0 aromatic heterocycles. The lowest BCUT2D eigenvalue weighted by atomic mass is 10.2. The van der Waals surface area contributed by atoms with Crippen LogP contribution in [0.3, 0.4) is 0 Å². The largest absolute Gasteiger partial charge is 0.326 e. The lowest BCUT2D eigenvalue weighted by molar-refractivity contribution is -0.114. The molecule has 2 amide bonds. The van der Waals surface area contributed by atoms with Gasteiger partial charge in [0.1, 0.15) is 0 Å². The maximum Gasteiger partial charge on any atom is 0.256 e. The molecule has 0 saturated carbocycles. The third-order valence-electron chi connectivity index (χ3n) is 2.71. The first-order chi connectivity index (χ1) is 10.4. The minimum atomic E-state index is -0.271. The van der Waals surface area contributed by atoms with Gasteiger partial charge in [0, 0.05) is 20.7 Å². The summed E-state index contributed by atoms with van der Waals surface area (Å²) in [5.41, 5.74) is 1.54. The molecule has 0 spiro atoms. The van der Waals surface area contributed by atoms with Gasteiger partial charge in [-0.05, 0) is 59.0 Å². The van der Waals surface area contributed by atoms with E-state index in [4.69, 9.17) is 11.6 Å². The van der Waals surface area contributed by atoms with Gasteiger partial charge in [0.15, 0.2) is 0 Å². The Morgan fingerprint density at radius 2 is 1.86 bits per heavy atom. The molecule has 0 heterocycles. The molecular formula is C15H11BrClIN2O2. The number of rotatable bonds is 3. The molecule has 0 aliphatic carbocycles. The molecule has 2 aromatic carbocycles. The first kappa shape index (κ1) is 17.2. The van der Waals surface area contributed by atoms with Gasteiger partial charge in [-0.3, -0.25) is 9.59 Å². The summed E-state index contributed by atoms with van der Waals surface area (Å²) < 4.78 is 1.64. The van der Waals surface area contributed by atoms with Crippen molar-refractivity contribution in [1.82, 2.24) is 0 Å². The number of halogens is 3. The summed E-state index contributed by atoms with van der Waals surface area (Å²) in [6.45, 7) is 1.41. The topological polar surface area (TPSA) is 58.2 Å². The molecular weight excluding hydrogens is 482 g/mol. The molecule has 0 fully saturated rings. The van der Waals surface area contributed by atoms with Crippen molar-refractivity contribution in [1.29, 1.82) is 0 Å². The van der Waals surface area contributed by atoms with Crippen molar-refractivity contribution in [3.8, 4) is 0 Å². The molecule has 0 aliphatic heterocycles. The number of carbonyl (C=O) groups excluding carboxylic acids is 2. The van der Waals surface area contributed by atoms with Crippen LogP contribution in [-0.4, -0.2) is 11.8 Å². The van der Waals surface area contributed by atoms with Crippen LogP contribution in [0, 0.1) is 3.57 Å². The number of carbonyl (C=O) groups is 2. The molecule has 4 nitrogen and oxygen atoms in total. The van der Waals surface area contributed by atoms with Crippen molar-refractivity contribution in [2.24, 2.45) is 0 Å². The number of nitrogens with one attached hydrogen (secondary N) is 2. The van der Waals surface area contributed by atoms with E-state index in [0.29, 0.717) is 22.0 Å². The molecule has 0 unspecified atom stereocenters. The summed E-state index contributed by atoms with van der Waals surface area (Å²) in [5.74, 6) is -0.464. The van der Waals surface area contributed by atoms with Gasteiger partial charge in [-0.15, -0.1) is 0 Å². The van der Waals surface area contributed by atoms with Gasteiger partial charge in [0.2, 0.25) is 5.91 Å². The average molecular weight is 494 g/mol. The summed E-state index contributed by atoms with van der Waals surface area (Å²) in [6, 6.07) is 10.4. The van der Waals surface area contributed by atoms with Crippen molar-refractivity contribution in [2.75, 3.05) is 10.6 Å². The zero-order chi connectivity index (χ0) is 16.3. The zero-order valence-electron chi connectivity index (χ0n) is 11.4. The van der Waals surface area contributed by atoms with Crippen molar-refractivity contribution in [3.63, 3.8) is 0 Å². The third kappa shape index (κ3) is 4.44. The average Bonchev–Trinajstić information content (AvgIpc) is 2.44. The van der Waals surface area contributed by atoms with E-state index in [1.54, 1.807) is 24.3 Å². The van der Waals surface area contributed by atoms with Crippen molar-refractivity contribution < 1.29 is 9.59 Å². The summed E-state index contributed by atoms with van der Waals surface area (Å²) in [4.78, 5) is 23.5. The van der Waals surface area contributed by atoms with E-state index in [9.17, 15) is 9.59 Å². The fourth-order valence-corrected chi connectivity index (χ4v) is 2.87. The third-order valence-corrected chi connectivity index (χ3v) is 4.47. The van der Waals surface area contributed by atoms with Crippen LogP contribution in [0.1, 0.15) is 17.3 Å². The highest BCUT2D eigenvalue weighted by atomic mass is 127. The Morgan fingerprint density at radius 1 is 1.14 bits per heavy atom. The van der Waals surface area contributed by atoms with Crippen molar-refractivity contribution >= 4 is 73.3 Å². The first-order valence-corrected chi connectivity index (χ1v) is 8.45. The van der Waals surface area contributed by atoms with Gasteiger partial charge >= 0.3 is 0 Å². The standard InChI is InChI=1S/C15H11BrClIN2O2/c1-8(21)19-10-3-4-12(17)14(7-10)20-15(22)11-6-9(16)2-5-13(11)18/h2-7H,1H3,(H,19,21)(H,20,22). The van der Waals surface area contributed by atoms with Crippen LogP contribution < -0.4 is 10.6 Å². The Kier molecular flexibility index (Phi) is 5.82. The van der Waals surface area contributed by atoms with E-state index in [2.05, 4.69) is 49.2 Å². The zero-order valence-corrected chi connectivity index (χ0v) is 15.9. The second-order valence-corrected chi connectivity index (χ2v) is 6.94. The number of benzene rings is 2. The highest BCUT2D eigenvalue weighted by Crippen LogP contribution is 2.27. The van der Waals surface area contributed by atoms with Crippen LogP contribution in [-0.2, 0) is 4.79 Å². The summed E-state index contributed by atoms with van der Waals surface area (Å²) in [5, 5.41) is 5.80. The highest BCUT2D eigenvalue weighted by Gasteiger charge is 2.13. The number of anilines is 2. The van der Waals surface area contributed by atoms with Crippen LogP contribution in [0.25, 0.3) is 0 Å². The Balaban J connectivity index is 2.27. The Morgan fingerprint density at radius 3 is 2.55 bits per heavy atom. The maximum atomic E-state index is 12.4. The van der Waals surface area contributed by atoms with E-state index in [-0.39, 0.29) is 11.8 Å². The van der Waals surface area contributed by atoms with E-state index < -0.39 is 0 Å². The smallest absolute Gasteiger partial charge is 0.256 e. The molecule has 2 N–H and O–H groups in total. The van der Waals surface area contributed by atoms with Crippen molar-refractivity contribution in [3.05, 3.63) is 55.0 Å². The van der Waals surface area contributed by atoms with Crippen LogP contribution in [0.5, 0.6) is 0 Å². The van der Waals surface area contributed by atoms with Gasteiger partial charge in [-0.2, -0.15) is 0 Å². The SMILES string of the molecule is CC(=O)Nc1ccc(Cl)c(NC(=O)c2cc(Br)ccc2I)c1.